The van der Waals surface area contributed by atoms with Crippen molar-refractivity contribution in [2.24, 2.45) is 0 Å². The van der Waals surface area contributed by atoms with Crippen LogP contribution in [0.4, 0.5) is 5.13 Å². The molecule has 3 aromatic heterocycles. The maximum Gasteiger partial charge on any atom is 0.277 e. The van der Waals surface area contributed by atoms with Gasteiger partial charge in [0.1, 0.15) is 0 Å². The van der Waals surface area contributed by atoms with Crippen LogP contribution in [0.15, 0.2) is 42.2 Å². The second-order valence-corrected chi connectivity index (χ2v) is 6.77. The van der Waals surface area contributed by atoms with Gasteiger partial charge in [0.25, 0.3) is 5.91 Å². The Morgan fingerprint density at radius 1 is 1.40 bits per heavy atom. The maximum absolute atomic E-state index is 12.4. The number of thiazole rings is 1. The maximum atomic E-state index is 12.4. The molecule has 128 valence electrons. The van der Waals surface area contributed by atoms with Crippen LogP contribution in [0.25, 0.3) is 11.3 Å². The topological polar surface area (TPSA) is 84.7 Å². The van der Waals surface area contributed by atoms with Crippen molar-refractivity contribution in [3.05, 3.63) is 47.9 Å². The minimum Gasteiger partial charge on any atom is -0.315 e. The van der Waals surface area contributed by atoms with Crippen LogP contribution in [-0.2, 0) is 0 Å². The summed E-state index contributed by atoms with van der Waals surface area (Å²) in [6, 6.07) is 5.86. The Morgan fingerprint density at radius 3 is 3.16 bits per heavy atom. The van der Waals surface area contributed by atoms with Crippen molar-refractivity contribution >= 4 is 22.4 Å². The number of amides is 1. The SMILES string of the molecule is O=C(Nc1nc(-c2cccnc2)cs1)c1ccn(C2CCCNC2)n1. The number of nitrogens with one attached hydrogen (secondary N) is 2. The van der Waals surface area contributed by atoms with Crippen molar-refractivity contribution in [2.45, 2.75) is 18.9 Å². The smallest absolute Gasteiger partial charge is 0.277 e. The number of pyridine rings is 1. The molecule has 0 saturated carbocycles. The molecule has 8 heteroatoms. The second-order valence-electron chi connectivity index (χ2n) is 5.91. The van der Waals surface area contributed by atoms with Gasteiger partial charge in [0, 0.05) is 36.1 Å². The Bertz CT molecular complexity index is 853. The predicted molar refractivity (Wildman–Crippen MR) is 96.7 cm³/mol. The van der Waals surface area contributed by atoms with Crippen LogP contribution in [0, 0.1) is 0 Å². The molecule has 0 radical (unpaired) electrons. The van der Waals surface area contributed by atoms with Gasteiger partial charge < -0.3 is 5.32 Å². The molecule has 1 atom stereocenters. The molecular formula is C17H18N6OS. The molecule has 0 aromatic carbocycles. The summed E-state index contributed by atoms with van der Waals surface area (Å²) in [5.74, 6) is -0.241. The fourth-order valence-corrected chi connectivity index (χ4v) is 3.58. The summed E-state index contributed by atoms with van der Waals surface area (Å²) in [5.41, 5.74) is 2.13. The first-order chi connectivity index (χ1) is 12.3. The summed E-state index contributed by atoms with van der Waals surface area (Å²) in [5, 5.41) is 13.1. The lowest BCUT2D eigenvalue weighted by atomic mass is 10.1. The van der Waals surface area contributed by atoms with E-state index in [4.69, 9.17) is 0 Å². The Hall–Kier alpha value is -2.58. The fourth-order valence-electron chi connectivity index (χ4n) is 2.86. The quantitative estimate of drug-likeness (QED) is 0.752. The third-order valence-corrected chi connectivity index (χ3v) is 4.93. The van der Waals surface area contributed by atoms with E-state index in [0.717, 1.165) is 37.2 Å². The Morgan fingerprint density at radius 2 is 2.36 bits per heavy atom. The number of hydrogen-bond donors (Lipinski definition) is 2. The number of rotatable bonds is 4. The fraction of sp³-hybridized carbons (Fsp3) is 0.294. The highest BCUT2D eigenvalue weighted by molar-refractivity contribution is 7.14. The highest BCUT2D eigenvalue weighted by Crippen LogP contribution is 2.24. The molecule has 0 spiro atoms. The molecule has 1 saturated heterocycles. The van der Waals surface area contributed by atoms with Gasteiger partial charge in [0.2, 0.25) is 0 Å². The van der Waals surface area contributed by atoms with Crippen molar-refractivity contribution < 1.29 is 4.79 Å². The number of carbonyl (C=O) groups excluding carboxylic acids is 1. The normalized spacial score (nSPS) is 17.4. The molecule has 0 aliphatic carbocycles. The molecule has 25 heavy (non-hydrogen) atoms. The summed E-state index contributed by atoms with van der Waals surface area (Å²) < 4.78 is 1.88. The van der Waals surface area contributed by atoms with E-state index in [1.54, 1.807) is 18.5 Å². The molecule has 1 unspecified atom stereocenters. The van der Waals surface area contributed by atoms with Gasteiger partial charge in [0.05, 0.1) is 11.7 Å². The lowest BCUT2D eigenvalue weighted by Gasteiger charge is -2.22. The van der Waals surface area contributed by atoms with Gasteiger partial charge in [-0.25, -0.2) is 4.98 Å². The molecule has 1 aliphatic rings. The average molecular weight is 354 g/mol. The molecule has 1 fully saturated rings. The molecule has 0 bridgehead atoms. The van der Waals surface area contributed by atoms with E-state index >= 15 is 0 Å². The first-order valence-electron chi connectivity index (χ1n) is 8.23. The Kier molecular flexibility index (Phi) is 4.53. The van der Waals surface area contributed by atoms with E-state index in [9.17, 15) is 4.79 Å². The van der Waals surface area contributed by atoms with Gasteiger partial charge in [-0.1, -0.05) is 0 Å². The van der Waals surface area contributed by atoms with Crippen LogP contribution in [0.2, 0.25) is 0 Å². The molecule has 7 nitrogen and oxygen atoms in total. The second kappa shape index (κ2) is 7.12. The minimum atomic E-state index is -0.241. The highest BCUT2D eigenvalue weighted by Gasteiger charge is 2.18. The van der Waals surface area contributed by atoms with Crippen LogP contribution >= 0.6 is 11.3 Å². The first-order valence-corrected chi connectivity index (χ1v) is 9.11. The van der Waals surface area contributed by atoms with E-state index in [-0.39, 0.29) is 5.91 Å². The Balaban J connectivity index is 1.44. The van der Waals surface area contributed by atoms with Crippen LogP contribution in [-0.4, -0.2) is 38.7 Å². The van der Waals surface area contributed by atoms with E-state index in [1.165, 1.54) is 11.3 Å². The van der Waals surface area contributed by atoms with Gasteiger partial charge >= 0.3 is 0 Å². The number of aromatic nitrogens is 4. The summed E-state index contributed by atoms with van der Waals surface area (Å²) in [6.45, 7) is 1.94. The zero-order valence-corrected chi connectivity index (χ0v) is 14.4. The number of anilines is 1. The molecular weight excluding hydrogens is 336 g/mol. The van der Waals surface area contributed by atoms with Crippen LogP contribution in [0.5, 0.6) is 0 Å². The van der Waals surface area contributed by atoms with Crippen LogP contribution < -0.4 is 10.6 Å². The first kappa shape index (κ1) is 15.9. The zero-order chi connectivity index (χ0) is 17.1. The van der Waals surface area contributed by atoms with Gasteiger partial charge in [-0.15, -0.1) is 11.3 Å². The van der Waals surface area contributed by atoms with E-state index in [2.05, 4.69) is 25.7 Å². The van der Waals surface area contributed by atoms with Crippen molar-refractivity contribution in [3.8, 4) is 11.3 Å². The molecule has 1 aliphatic heterocycles. The number of carbonyl (C=O) groups is 1. The van der Waals surface area contributed by atoms with Crippen molar-refractivity contribution in [1.82, 2.24) is 25.1 Å². The highest BCUT2D eigenvalue weighted by atomic mass is 32.1. The van der Waals surface area contributed by atoms with Crippen molar-refractivity contribution in [3.63, 3.8) is 0 Å². The number of nitrogens with zero attached hydrogens (tertiary/aromatic N) is 4. The van der Waals surface area contributed by atoms with Crippen LogP contribution in [0.3, 0.4) is 0 Å². The average Bonchev–Trinajstić information content (AvgIpc) is 3.33. The monoisotopic (exact) mass is 354 g/mol. The van der Waals surface area contributed by atoms with Crippen LogP contribution in [0.1, 0.15) is 29.4 Å². The number of piperidine rings is 1. The summed E-state index contributed by atoms with van der Waals surface area (Å²) in [4.78, 5) is 20.9. The third kappa shape index (κ3) is 3.59. The molecule has 2 N–H and O–H groups in total. The third-order valence-electron chi connectivity index (χ3n) is 4.17. The van der Waals surface area contributed by atoms with E-state index in [0.29, 0.717) is 16.9 Å². The molecule has 3 aromatic rings. The van der Waals surface area contributed by atoms with E-state index in [1.807, 2.05) is 28.4 Å². The standard InChI is InChI=1S/C17H18N6OS/c24-16(14-5-8-23(22-14)13-4-2-7-19-10-13)21-17-20-15(11-25-17)12-3-1-6-18-9-12/h1,3,5-6,8-9,11,13,19H,2,4,7,10H2,(H,20,21,24). The summed E-state index contributed by atoms with van der Waals surface area (Å²) in [7, 11) is 0. The summed E-state index contributed by atoms with van der Waals surface area (Å²) >= 11 is 1.39. The number of hydrogen-bond acceptors (Lipinski definition) is 6. The molecule has 4 rings (SSSR count). The van der Waals surface area contributed by atoms with Crippen molar-refractivity contribution in [1.29, 1.82) is 0 Å². The van der Waals surface area contributed by atoms with Gasteiger partial charge in [-0.3, -0.25) is 19.8 Å². The summed E-state index contributed by atoms with van der Waals surface area (Å²) in [6.07, 6.45) is 7.55. The van der Waals surface area contributed by atoms with Crippen molar-refractivity contribution in [2.75, 3.05) is 18.4 Å². The predicted octanol–water partition coefficient (Wildman–Crippen LogP) is 2.58. The van der Waals surface area contributed by atoms with Gasteiger partial charge in [0.15, 0.2) is 10.8 Å². The lowest BCUT2D eigenvalue weighted by molar-refractivity contribution is 0.102. The van der Waals surface area contributed by atoms with Gasteiger partial charge in [-0.2, -0.15) is 5.10 Å². The zero-order valence-electron chi connectivity index (χ0n) is 13.6. The Labute approximate surface area is 149 Å². The van der Waals surface area contributed by atoms with E-state index < -0.39 is 0 Å². The lowest BCUT2D eigenvalue weighted by Crippen LogP contribution is -2.32. The largest absolute Gasteiger partial charge is 0.315 e. The minimum absolute atomic E-state index is 0.241. The van der Waals surface area contributed by atoms with Gasteiger partial charge in [-0.05, 0) is 37.6 Å². The molecule has 4 heterocycles. The molecule has 1 amide bonds.